The van der Waals surface area contributed by atoms with Gasteiger partial charge in [0.05, 0.1) is 13.5 Å². The number of methoxy groups -OCH3 is 1. The number of esters is 1. The first-order chi connectivity index (χ1) is 11.9. The summed E-state index contributed by atoms with van der Waals surface area (Å²) in [6.07, 6.45) is 3.14. The molecule has 0 radical (unpaired) electrons. The first-order valence-electron chi connectivity index (χ1n) is 8.68. The van der Waals surface area contributed by atoms with E-state index in [4.69, 9.17) is 9.47 Å². The summed E-state index contributed by atoms with van der Waals surface area (Å²) >= 11 is 0. The van der Waals surface area contributed by atoms with Crippen molar-refractivity contribution in [1.82, 2.24) is 5.32 Å². The Labute approximate surface area is 147 Å². The van der Waals surface area contributed by atoms with Crippen LogP contribution >= 0.6 is 0 Å². The van der Waals surface area contributed by atoms with E-state index in [0.29, 0.717) is 17.4 Å². The zero-order chi connectivity index (χ0) is 18.4. The minimum atomic E-state index is -0.565. The molecule has 1 amide bonds. The van der Waals surface area contributed by atoms with Gasteiger partial charge in [-0.25, -0.2) is 4.39 Å². The molecule has 2 rings (SSSR count). The summed E-state index contributed by atoms with van der Waals surface area (Å²) < 4.78 is 23.4. The van der Waals surface area contributed by atoms with Crippen molar-refractivity contribution < 1.29 is 23.5 Å². The average Bonchev–Trinajstić information content (AvgIpc) is 2.57. The van der Waals surface area contributed by atoms with Gasteiger partial charge in [-0.3, -0.25) is 9.59 Å². The summed E-state index contributed by atoms with van der Waals surface area (Å²) in [7, 11) is 1.37. The maximum atomic E-state index is 13.6. The Hall–Kier alpha value is -2.11. The smallest absolute Gasteiger partial charge is 0.310 e. The molecule has 1 aromatic rings. The second-order valence-electron chi connectivity index (χ2n) is 6.75. The summed E-state index contributed by atoms with van der Waals surface area (Å²) in [5.41, 5.74) is 0.471. The maximum absolute atomic E-state index is 13.6. The molecule has 3 atom stereocenters. The van der Waals surface area contributed by atoms with E-state index in [-0.39, 0.29) is 30.7 Å². The molecule has 138 valence electrons. The predicted octanol–water partition coefficient (Wildman–Crippen LogP) is 2.86. The third kappa shape index (κ3) is 5.44. The Morgan fingerprint density at radius 3 is 2.72 bits per heavy atom. The van der Waals surface area contributed by atoms with Crippen LogP contribution < -0.4 is 10.1 Å². The van der Waals surface area contributed by atoms with Gasteiger partial charge in [-0.1, -0.05) is 32.8 Å². The largest absolute Gasteiger partial charge is 0.494 e. The number of hydrogen-bond acceptors (Lipinski definition) is 4. The third-order valence-corrected chi connectivity index (χ3v) is 4.98. The van der Waals surface area contributed by atoms with Crippen LogP contribution in [0.25, 0.3) is 0 Å². The van der Waals surface area contributed by atoms with Crippen LogP contribution in [-0.4, -0.2) is 31.6 Å². The van der Waals surface area contributed by atoms with Crippen molar-refractivity contribution in [3.63, 3.8) is 0 Å². The molecule has 0 bridgehead atoms. The molecule has 5 nitrogen and oxygen atoms in total. The molecular weight excluding hydrogens is 325 g/mol. The Balaban J connectivity index is 1.77. The van der Waals surface area contributed by atoms with Crippen LogP contribution in [0.15, 0.2) is 18.2 Å². The first kappa shape index (κ1) is 19.2. The number of carbonyl (C=O) groups is 2. The van der Waals surface area contributed by atoms with E-state index < -0.39 is 11.8 Å². The highest BCUT2D eigenvalue weighted by atomic mass is 19.1. The molecule has 1 aromatic carbocycles. The zero-order valence-corrected chi connectivity index (χ0v) is 15.0. The van der Waals surface area contributed by atoms with Gasteiger partial charge in [0.25, 0.3) is 5.91 Å². The van der Waals surface area contributed by atoms with E-state index in [1.54, 1.807) is 6.07 Å². The van der Waals surface area contributed by atoms with Crippen molar-refractivity contribution in [1.29, 1.82) is 0 Å². The number of halogens is 1. The Bertz CT molecular complexity index is 619. The molecule has 0 saturated heterocycles. The molecule has 1 fully saturated rings. The van der Waals surface area contributed by atoms with Crippen molar-refractivity contribution in [3.05, 3.63) is 29.6 Å². The lowest BCUT2D eigenvalue weighted by Gasteiger charge is -2.34. The highest BCUT2D eigenvalue weighted by Crippen LogP contribution is 2.29. The molecule has 1 aliphatic rings. The summed E-state index contributed by atoms with van der Waals surface area (Å²) in [5, 5.41) is 2.95. The number of nitrogens with one attached hydrogen (secondary N) is 1. The van der Waals surface area contributed by atoms with Gasteiger partial charge in [-0.2, -0.15) is 0 Å². The van der Waals surface area contributed by atoms with E-state index in [1.807, 2.05) is 0 Å². The van der Waals surface area contributed by atoms with Crippen LogP contribution in [-0.2, 0) is 20.7 Å². The average molecular weight is 351 g/mol. The van der Waals surface area contributed by atoms with Crippen LogP contribution in [0.5, 0.6) is 5.75 Å². The second kappa shape index (κ2) is 8.83. The van der Waals surface area contributed by atoms with E-state index in [2.05, 4.69) is 19.2 Å². The van der Waals surface area contributed by atoms with Gasteiger partial charge in [-0.15, -0.1) is 0 Å². The first-order valence-corrected chi connectivity index (χ1v) is 8.68. The minimum Gasteiger partial charge on any atom is -0.494 e. The van der Waals surface area contributed by atoms with Crippen LogP contribution in [0.3, 0.4) is 0 Å². The number of benzene rings is 1. The summed E-state index contributed by atoms with van der Waals surface area (Å²) in [6, 6.07) is 4.40. The molecule has 0 aliphatic heterocycles. The molecule has 1 N–H and O–H groups in total. The van der Waals surface area contributed by atoms with Crippen molar-refractivity contribution in [3.8, 4) is 5.75 Å². The number of ether oxygens (including phenoxy) is 2. The standard InChI is InChI=1S/C19H26FNO4/c1-12-5-4-6-16(13(12)2)21-18(22)11-25-19(23)10-14-7-8-17(24-3)15(20)9-14/h7-9,12-13,16H,4-6,10-11H2,1-3H3,(H,21,22)/t12-,13-,16-/m1/s1. The number of hydrogen-bond donors (Lipinski definition) is 1. The van der Waals surface area contributed by atoms with Crippen LogP contribution in [0, 0.1) is 17.7 Å². The second-order valence-corrected chi connectivity index (χ2v) is 6.75. The van der Waals surface area contributed by atoms with Crippen molar-refractivity contribution in [2.24, 2.45) is 11.8 Å². The fourth-order valence-electron chi connectivity index (χ4n) is 3.22. The van der Waals surface area contributed by atoms with E-state index in [0.717, 1.165) is 12.8 Å². The molecule has 6 heteroatoms. The Morgan fingerprint density at radius 1 is 1.28 bits per heavy atom. The van der Waals surface area contributed by atoms with Gasteiger partial charge >= 0.3 is 5.97 Å². The molecule has 1 saturated carbocycles. The zero-order valence-electron chi connectivity index (χ0n) is 15.0. The lowest BCUT2D eigenvalue weighted by molar-refractivity contribution is -0.148. The molecule has 0 unspecified atom stereocenters. The van der Waals surface area contributed by atoms with Gasteiger partial charge in [0.1, 0.15) is 0 Å². The molecular formula is C19H26FNO4. The summed E-state index contributed by atoms with van der Waals surface area (Å²) in [6.45, 7) is 4.02. The number of rotatable bonds is 6. The third-order valence-electron chi connectivity index (χ3n) is 4.98. The van der Waals surface area contributed by atoms with Gasteiger partial charge in [0, 0.05) is 6.04 Å². The summed E-state index contributed by atoms with van der Waals surface area (Å²) in [5.74, 6) is -0.287. The fraction of sp³-hybridized carbons (Fsp3) is 0.579. The fourth-order valence-corrected chi connectivity index (χ4v) is 3.22. The Kier molecular flexibility index (Phi) is 6.79. The van der Waals surface area contributed by atoms with Crippen LogP contribution in [0.2, 0.25) is 0 Å². The van der Waals surface area contributed by atoms with E-state index in [9.17, 15) is 14.0 Å². The molecule has 0 heterocycles. The van der Waals surface area contributed by atoms with E-state index in [1.165, 1.54) is 25.7 Å². The molecule has 0 aromatic heterocycles. The van der Waals surface area contributed by atoms with Crippen molar-refractivity contribution in [2.45, 2.75) is 45.6 Å². The molecule has 1 aliphatic carbocycles. The van der Waals surface area contributed by atoms with Gasteiger partial charge in [0.15, 0.2) is 18.2 Å². The predicted molar refractivity (Wildman–Crippen MR) is 91.7 cm³/mol. The van der Waals surface area contributed by atoms with Crippen molar-refractivity contribution >= 4 is 11.9 Å². The maximum Gasteiger partial charge on any atom is 0.310 e. The quantitative estimate of drug-likeness (QED) is 0.801. The summed E-state index contributed by atoms with van der Waals surface area (Å²) in [4.78, 5) is 23.8. The lowest BCUT2D eigenvalue weighted by Crippen LogP contribution is -2.45. The highest BCUT2D eigenvalue weighted by Gasteiger charge is 2.28. The molecule has 0 spiro atoms. The molecule has 25 heavy (non-hydrogen) atoms. The van der Waals surface area contributed by atoms with E-state index >= 15 is 0 Å². The number of amides is 1. The van der Waals surface area contributed by atoms with Gasteiger partial charge < -0.3 is 14.8 Å². The normalized spacial score (nSPS) is 23.0. The Morgan fingerprint density at radius 2 is 2.04 bits per heavy atom. The van der Waals surface area contributed by atoms with Crippen LogP contribution in [0.4, 0.5) is 4.39 Å². The minimum absolute atomic E-state index is 0.0922. The topological polar surface area (TPSA) is 64.6 Å². The highest BCUT2D eigenvalue weighted by molar-refractivity contribution is 5.81. The van der Waals surface area contributed by atoms with Gasteiger partial charge in [-0.05, 0) is 36.0 Å². The van der Waals surface area contributed by atoms with Crippen LogP contribution in [0.1, 0.15) is 38.7 Å². The monoisotopic (exact) mass is 351 g/mol. The van der Waals surface area contributed by atoms with Crippen molar-refractivity contribution in [2.75, 3.05) is 13.7 Å². The SMILES string of the molecule is COc1ccc(CC(=O)OCC(=O)N[C@@H]2CCC[C@@H](C)[C@H]2C)cc1F. The van der Waals surface area contributed by atoms with Gasteiger partial charge in [0.2, 0.25) is 0 Å². The number of carbonyl (C=O) groups excluding carboxylic acids is 2. The lowest BCUT2D eigenvalue weighted by atomic mass is 9.78.